The smallest absolute Gasteiger partial charge is 0.228 e. The molecule has 0 saturated carbocycles. The van der Waals surface area contributed by atoms with Gasteiger partial charge in [-0.2, -0.15) is 0 Å². The molecule has 6 nitrogen and oxygen atoms in total. The predicted octanol–water partition coefficient (Wildman–Crippen LogP) is 1.14. The second-order valence-electron chi connectivity index (χ2n) is 7.12. The van der Waals surface area contributed by atoms with Gasteiger partial charge in [0.15, 0.2) is 0 Å². The number of amides is 1. The van der Waals surface area contributed by atoms with Gasteiger partial charge >= 0.3 is 0 Å². The first-order valence-corrected chi connectivity index (χ1v) is 9.10. The van der Waals surface area contributed by atoms with Crippen molar-refractivity contribution in [2.75, 3.05) is 46.5 Å². The van der Waals surface area contributed by atoms with Crippen LogP contribution in [0.2, 0.25) is 0 Å². The van der Waals surface area contributed by atoms with E-state index < -0.39 is 0 Å². The molecule has 1 aromatic rings. The lowest BCUT2D eigenvalue weighted by atomic mass is 9.98. The molecule has 1 amide bonds. The first-order valence-electron chi connectivity index (χ1n) is 9.10. The fourth-order valence-electron chi connectivity index (χ4n) is 4.13. The molecule has 6 heteroatoms. The molecule has 0 aromatic heterocycles. The lowest BCUT2D eigenvalue weighted by Gasteiger charge is -2.34. The Kier molecular flexibility index (Phi) is 4.92. The van der Waals surface area contributed by atoms with Gasteiger partial charge in [0.1, 0.15) is 5.75 Å². The van der Waals surface area contributed by atoms with Crippen molar-refractivity contribution >= 4 is 5.91 Å². The standard InChI is InChI=1S/C19H26N2O4/c1-23-15-4-2-14(3-5-15)11-20-12-16-10-17(18(13-20)25-16)19(22)21-6-8-24-9-7-21/h2-5,16-18H,6-13H2,1H3/t16-,17-,18-/m1/s1. The fraction of sp³-hybridized carbons (Fsp3) is 0.632. The number of carbonyl (C=O) groups excluding carboxylic acids is 1. The van der Waals surface area contributed by atoms with Crippen LogP contribution < -0.4 is 4.74 Å². The highest BCUT2D eigenvalue weighted by molar-refractivity contribution is 5.80. The van der Waals surface area contributed by atoms with Crippen LogP contribution in [0.4, 0.5) is 0 Å². The van der Waals surface area contributed by atoms with Crippen LogP contribution in [0, 0.1) is 5.92 Å². The molecule has 0 spiro atoms. The molecule has 25 heavy (non-hydrogen) atoms. The lowest BCUT2D eigenvalue weighted by molar-refractivity contribution is -0.142. The SMILES string of the molecule is COc1ccc(CN2C[C@H]3C[C@@H](C(=O)N4CCOCC4)[C@@H](C2)O3)cc1. The van der Waals surface area contributed by atoms with E-state index in [1.165, 1.54) is 5.56 Å². The van der Waals surface area contributed by atoms with Gasteiger partial charge in [0.2, 0.25) is 5.91 Å². The van der Waals surface area contributed by atoms with Crippen molar-refractivity contribution in [1.29, 1.82) is 0 Å². The quantitative estimate of drug-likeness (QED) is 0.818. The van der Waals surface area contributed by atoms with Gasteiger partial charge in [-0.3, -0.25) is 9.69 Å². The normalized spacial score (nSPS) is 29.6. The summed E-state index contributed by atoms with van der Waals surface area (Å²) in [6, 6.07) is 8.20. The zero-order chi connectivity index (χ0) is 17.2. The monoisotopic (exact) mass is 346 g/mol. The maximum absolute atomic E-state index is 12.8. The van der Waals surface area contributed by atoms with E-state index in [9.17, 15) is 4.79 Å². The summed E-state index contributed by atoms with van der Waals surface area (Å²) in [7, 11) is 1.68. The average molecular weight is 346 g/mol. The number of carbonyl (C=O) groups is 1. The Bertz CT molecular complexity index is 600. The Morgan fingerprint density at radius 3 is 2.68 bits per heavy atom. The van der Waals surface area contributed by atoms with Crippen molar-refractivity contribution in [3.8, 4) is 5.75 Å². The van der Waals surface area contributed by atoms with E-state index in [1.807, 2.05) is 17.0 Å². The molecule has 1 aromatic carbocycles. The van der Waals surface area contributed by atoms with Gasteiger partial charge in [-0.1, -0.05) is 12.1 Å². The number of hydrogen-bond acceptors (Lipinski definition) is 5. The van der Waals surface area contributed by atoms with Gasteiger partial charge in [-0.05, 0) is 24.1 Å². The van der Waals surface area contributed by atoms with Crippen LogP contribution >= 0.6 is 0 Å². The van der Waals surface area contributed by atoms with Gasteiger partial charge in [0.05, 0.1) is 38.4 Å². The van der Waals surface area contributed by atoms with Crippen LogP contribution in [0.15, 0.2) is 24.3 Å². The number of rotatable bonds is 4. The van der Waals surface area contributed by atoms with E-state index in [-0.39, 0.29) is 24.0 Å². The van der Waals surface area contributed by atoms with Crippen molar-refractivity contribution < 1.29 is 19.0 Å². The molecule has 3 heterocycles. The second kappa shape index (κ2) is 7.32. The van der Waals surface area contributed by atoms with E-state index in [0.717, 1.165) is 31.8 Å². The summed E-state index contributed by atoms with van der Waals surface area (Å²) < 4.78 is 16.7. The number of ether oxygens (including phenoxy) is 3. The Morgan fingerprint density at radius 1 is 1.20 bits per heavy atom. The Labute approximate surface area is 148 Å². The lowest BCUT2D eigenvalue weighted by Crippen LogP contribution is -2.48. The zero-order valence-electron chi connectivity index (χ0n) is 14.7. The predicted molar refractivity (Wildman–Crippen MR) is 92.4 cm³/mol. The highest BCUT2D eigenvalue weighted by Crippen LogP contribution is 2.34. The van der Waals surface area contributed by atoms with E-state index in [1.54, 1.807) is 7.11 Å². The third-order valence-corrected chi connectivity index (χ3v) is 5.44. The number of morpholine rings is 2. The fourth-order valence-corrected chi connectivity index (χ4v) is 4.13. The first kappa shape index (κ1) is 16.8. The molecule has 0 N–H and O–H groups in total. The van der Waals surface area contributed by atoms with Crippen LogP contribution in [0.3, 0.4) is 0 Å². The van der Waals surface area contributed by atoms with Gasteiger partial charge < -0.3 is 19.1 Å². The zero-order valence-corrected chi connectivity index (χ0v) is 14.7. The van der Waals surface area contributed by atoms with Gasteiger partial charge in [-0.25, -0.2) is 0 Å². The van der Waals surface area contributed by atoms with Crippen molar-refractivity contribution in [2.24, 2.45) is 5.92 Å². The van der Waals surface area contributed by atoms with E-state index in [4.69, 9.17) is 14.2 Å². The van der Waals surface area contributed by atoms with Crippen LogP contribution in [-0.2, 0) is 20.8 Å². The van der Waals surface area contributed by atoms with Gasteiger partial charge in [0.25, 0.3) is 0 Å². The Morgan fingerprint density at radius 2 is 1.96 bits per heavy atom. The summed E-state index contributed by atoms with van der Waals surface area (Å²) >= 11 is 0. The maximum atomic E-state index is 12.8. The molecule has 3 atom stereocenters. The molecule has 3 aliphatic heterocycles. The Balaban J connectivity index is 1.37. The number of hydrogen-bond donors (Lipinski definition) is 0. The minimum Gasteiger partial charge on any atom is -0.497 e. The number of nitrogens with zero attached hydrogens (tertiary/aromatic N) is 2. The molecule has 0 unspecified atom stereocenters. The molecular weight excluding hydrogens is 320 g/mol. The molecule has 3 aliphatic rings. The second-order valence-corrected chi connectivity index (χ2v) is 7.12. The van der Waals surface area contributed by atoms with Crippen molar-refractivity contribution in [2.45, 2.75) is 25.2 Å². The third-order valence-electron chi connectivity index (χ3n) is 5.44. The summed E-state index contributed by atoms with van der Waals surface area (Å²) in [5.74, 6) is 1.13. The van der Waals surface area contributed by atoms with Crippen molar-refractivity contribution in [1.82, 2.24) is 9.80 Å². The molecular formula is C19H26N2O4. The minimum absolute atomic E-state index is 0.00367. The highest BCUT2D eigenvalue weighted by atomic mass is 16.5. The summed E-state index contributed by atoms with van der Waals surface area (Å²) in [5.41, 5.74) is 1.26. The molecule has 136 valence electrons. The Hall–Kier alpha value is -1.63. The third kappa shape index (κ3) is 3.66. The van der Waals surface area contributed by atoms with E-state index >= 15 is 0 Å². The maximum Gasteiger partial charge on any atom is 0.228 e. The minimum atomic E-state index is 0.00367. The highest BCUT2D eigenvalue weighted by Gasteiger charge is 2.45. The summed E-state index contributed by atoms with van der Waals surface area (Å²) in [5, 5.41) is 0. The molecule has 0 radical (unpaired) electrons. The molecule has 2 bridgehead atoms. The van der Waals surface area contributed by atoms with Crippen LogP contribution in [0.5, 0.6) is 5.75 Å². The summed E-state index contributed by atoms with van der Waals surface area (Å²) in [6.07, 6.45) is 1.04. The van der Waals surface area contributed by atoms with Crippen LogP contribution in [0.25, 0.3) is 0 Å². The van der Waals surface area contributed by atoms with E-state index in [2.05, 4.69) is 17.0 Å². The van der Waals surface area contributed by atoms with Gasteiger partial charge in [-0.15, -0.1) is 0 Å². The van der Waals surface area contributed by atoms with Crippen LogP contribution in [0.1, 0.15) is 12.0 Å². The van der Waals surface area contributed by atoms with Crippen molar-refractivity contribution in [3.63, 3.8) is 0 Å². The molecule has 3 fully saturated rings. The topological polar surface area (TPSA) is 51.2 Å². The van der Waals surface area contributed by atoms with Gasteiger partial charge in [0, 0.05) is 32.7 Å². The summed E-state index contributed by atoms with van der Waals surface area (Å²) in [4.78, 5) is 17.2. The number of benzene rings is 1. The molecule has 0 aliphatic carbocycles. The number of fused-ring (bicyclic) bond motifs is 2. The molecule has 4 rings (SSSR count). The molecule has 3 saturated heterocycles. The average Bonchev–Trinajstić information content (AvgIpc) is 2.96. The van der Waals surface area contributed by atoms with Crippen LogP contribution in [-0.4, -0.2) is 74.4 Å². The first-order chi connectivity index (χ1) is 12.2. The van der Waals surface area contributed by atoms with E-state index in [0.29, 0.717) is 26.3 Å². The summed E-state index contributed by atoms with van der Waals surface area (Å²) in [6.45, 7) is 5.33. The number of likely N-dealkylation sites (tertiary alicyclic amines) is 1. The van der Waals surface area contributed by atoms with Crippen molar-refractivity contribution in [3.05, 3.63) is 29.8 Å². The largest absolute Gasteiger partial charge is 0.497 e. The number of methoxy groups -OCH3 is 1.